The predicted octanol–water partition coefficient (Wildman–Crippen LogP) is 6.35. The fourth-order valence-electron chi connectivity index (χ4n) is 2.96. The highest BCUT2D eigenvalue weighted by Gasteiger charge is 2.26. The maximum atomic E-state index is 2.34. The molecular weight excluding hydrogens is 412 g/mol. The van der Waals surface area contributed by atoms with Crippen LogP contribution < -0.4 is 21.2 Å². The van der Waals surface area contributed by atoms with Crippen LogP contribution in [0.3, 0.4) is 0 Å². The van der Waals surface area contributed by atoms with Crippen molar-refractivity contribution in [1.82, 2.24) is 0 Å². The highest BCUT2D eigenvalue weighted by Crippen LogP contribution is 2.81. The van der Waals surface area contributed by atoms with Crippen molar-refractivity contribution in [1.29, 1.82) is 0 Å². The molecule has 4 aromatic carbocycles. The third-order valence-electron chi connectivity index (χ3n) is 4.28. The summed E-state index contributed by atoms with van der Waals surface area (Å²) in [6, 6.07) is 44.5. The van der Waals surface area contributed by atoms with Gasteiger partial charge in [0.25, 0.3) is 0 Å². The minimum atomic E-state index is -0.403. The molecule has 4 heteroatoms. The molecule has 0 saturated carbocycles. The van der Waals surface area contributed by atoms with Crippen molar-refractivity contribution >= 4 is 52.4 Å². The summed E-state index contributed by atoms with van der Waals surface area (Å²) in [5.41, 5.74) is 0. The molecule has 3 unspecified atom stereocenters. The summed E-state index contributed by atoms with van der Waals surface area (Å²) < 4.78 is 0. The highest BCUT2D eigenvalue weighted by atomic mass is 32.6. The molecule has 28 heavy (non-hydrogen) atoms. The molecule has 0 nitrogen and oxygen atoms in total. The van der Waals surface area contributed by atoms with Crippen LogP contribution in [0.4, 0.5) is 0 Å². The molecule has 0 bridgehead atoms. The minimum Gasteiger partial charge on any atom is -0.0628 e. The molecule has 0 fully saturated rings. The first-order valence-corrected chi connectivity index (χ1v) is 16.5. The smallest absolute Gasteiger partial charge is 0.0101 e. The zero-order valence-corrected chi connectivity index (χ0v) is 19.2. The van der Waals surface area contributed by atoms with Crippen LogP contribution in [0.25, 0.3) is 0 Å². The Bertz CT molecular complexity index is 921. The molecular formula is C24H22P4. The van der Waals surface area contributed by atoms with E-state index in [2.05, 4.69) is 121 Å². The Hall–Kier alpha value is -1.40. The van der Waals surface area contributed by atoms with Crippen molar-refractivity contribution in [3.05, 3.63) is 121 Å². The Labute approximate surface area is 173 Å². The van der Waals surface area contributed by atoms with E-state index in [1.165, 1.54) is 21.2 Å². The summed E-state index contributed by atoms with van der Waals surface area (Å²) in [5, 5.41) is 5.98. The summed E-state index contributed by atoms with van der Waals surface area (Å²) in [4.78, 5) is 0. The number of benzene rings is 4. The monoisotopic (exact) mass is 434 g/mol. The number of rotatable bonds is 7. The molecule has 0 aromatic heterocycles. The first-order chi connectivity index (χ1) is 13.9. The van der Waals surface area contributed by atoms with Crippen molar-refractivity contribution in [3.8, 4) is 0 Å². The third-order valence-corrected chi connectivity index (χ3v) is 21.3. The van der Waals surface area contributed by atoms with Gasteiger partial charge in [0.15, 0.2) is 0 Å². The molecule has 0 aliphatic heterocycles. The van der Waals surface area contributed by atoms with Gasteiger partial charge in [-0.15, -0.1) is 0 Å². The zero-order valence-electron chi connectivity index (χ0n) is 15.4. The van der Waals surface area contributed by atoms with Gasteiger partial charge in [0, 0.05) is 0 Å². The molecule has 4 rings (SSSR count). The Balaban J connectivity index is 1.75. The summed E-state index contributed by atoms with van der Waals surface area (Å²) in [6.45, 7) is 0. The van der Waals surface area contributed by atoms with Crippen LogP contribution in [-0.2, 0) is 0 Å². The fourth-order valence-corrected chi connectivity index (χ4v) is 22.1. The molecule has 0 radical (unpaired) electrons. The van der Waals surface area contributed by atoms with Crippen LogP contribution in [0.15, 0.2) is 121 Å². The number of hydrogen-bond acceptors (Lipinski definition) is 0. The summed E-state index contributed by atoms with van der Waals surface area (Å²) in [7, 11) is 1.10. The molecule has 0 spiro atoms. The van der Waals surface area contributed by atoms with Crippen molar-refractivity contribution < 1.29 is 0 Å². The van der Waals surface area contributed by atoms with E-state index >= 15 is 0 Å². The van der Waals surface area contributed by atoms with Gasteiger partial charge >= 0.3 is 0 Å². The van der Waals surface area contributed by atoms with E-state index in [1.807, 2.05) is 0 Å². The minimum absolute atomic E-state index is 0.291. The number of hydrogen-bond donors (Lipinski definition) is 0. The topological polar surface area (TPSA) is 0 Å². The van der Waals surface area contributed by atoms with Crippen LogP contribution in [-0.4, -0.2) is 0 Å². The Morgan fingerprint density at radius 1 is 0.429 bits per heavy atom. The molecule has 138 valence electrons. The van der Waals surface area contributed by atoms with Gasteiger partial charge in [-0.05, 0) is 36.1 Å². The first kappa shape index (κ1) is 19.9. The SMILES string of the molecule is c1ccc(PPP(c2ccccc2)P(c2ccccc2)c2ccccc2)cc1. The first-order valence-electron chi connectivity index (χ1n) is 9.24. The Morgan fingerprint density at radius 2 is 0.821 bits per heavy atom. The molecule has 4 aromatic rings. The van der Waals surface area contributed by atoms with E-state index in [1.54, 1.807) is 0 Å². The van der Waals surface area contributed by atoms with Gasteiger partial charge in [-0.3, -0.25) is 0 Å². The van der Waals surface area contributed by atoms with Gasteiger partial charge in [0.1, 0.15) is 0 Å². The average Bonchev–Trinajstić information content (AvgIpc) is 2.79. The predicted molar refractivity (Wildman–Crippen MR) is 135 cm³/mol. The van der Waals surface area contributed by atoms with Crippen LogP contribution >= 0.6 is 31.1 Å². The third kappa shape index (κ3) is 5.15. The molecule has 0 N–H and O–H groups in total. The summed E-state index contributed by atoms with van der Waals surface area (Å²) >= 11 is 0. The molecule has 0 amide bonds. The summed E-state index contributed by atoms with van der Waals surface area (Å²) in [6.07, 6.45) is 0. The van der Waals surface area contributed by atoms with Gasteiger partial charge in [0.05, 0.1) is 0 Å². The van der Waals surface area contributed by atoms with Crippen LogP contribution in [0, 0.1) is 0 Å². The normalized spacial score (nSPS) is 12.9. The van der Waals surface area contributed by atoms with Gasteiger partial charge < -0.3 is 0 Å². The van der Waals surface area contributed by atoms with E-state index in [-0.39, 0.29) is 7.30 Å². The lowest BCUT2D eigenvalue weighted by Gasteiger charge is -2.29. The maximum absolute atomic E-state index is 2.34. The average molecular weight is 434 g/mol. The quantitative estimate of drug-likeness (QED) is 0.297. The van der Waals surface area contributed by atoms with E-state index in [0.29, 0.717) is 0 Å². The van der Waals surface area contributed by atoms with Crippen LogP contribution in [0.2, 0.25) is 0 Å². The lowest BCUT2D eigenvalue weighted by molar-refractivity contribution is 1.76. The van der Waals surface area contributed by atoms with Gasteiger partial charge in [0.2, 0.25) is 0 Å². The lowest BCUT2D eigenvalue weighted by atomic mass is 10.4. The standard InChI is InChI=1S/C24H22P4/c1-5-13-21(14-6-1)25-26-28(24-19-11-4-12-20-24)27(22-15-7-2-8-16-22)23-17-9-3-10-18-23/h1-20,25-26H. The summed E-state index contributed by atoms with van der Waals surface area (Å²) in [5.74, 6) is 0. The second kappa shape index (κ2) is 10.4. The van der Waals surface area contributed by atoms with Crippen molar-refractivity contribution in [2.75, 3.05) is 0 Å². The second-order valence-corrected chi connectivity index (χ2v) is 18.4. The van der Waals surface area contributed by atoms with Crippen molar-refractivity contribution in [2.24, 2.45) is 0 Å². The van der Waals surface area contributed by atoms with Crippen LogP contribution in [0.5, 0.6) is 0 Å². The molecule has 3 atom stereocenters. The van der Waals surface area contributed by atoms with Gasteiger partial charge in [-0.1, -0.05) is 138 Å². The van der Waals surface area contributed by atoms with Gasteiger partial charge in [-0.25, -0.2) is 0 Å². The van der Waals surface area contributed by atoms with E-state index in [0.717, 1.165) is 16.2 Å². The molecule has 0 aliphatic carbocycles. The fraction of sp³-hybridized carbons (Fsp3) is 0. The van der Waals surface area contributed by atoms with E-state index < -0.39 is 7.61 Å². The second-order valence-electron chi connectivity index (χ2n) is 6.23. The maximum Gasteiger partial charge on any atom is -0.0101 e. The lowest BCUT2D eigenvalue weighted by Crippen LogP contribution is -2.12. The van der Waals surface area contributed by atoms with E-state index in [9.17, 15) is 0 Å². The van der Waals surface area contributed by atoms with Crippen molar-refractivity contribution in [3.63, 3.8) is 0 Å². The van der Waals surface area contributed by atoms with Crippen LogP contribution in [0.1, 0.15) is 0 Å². The Morgan fingerprint density at radius 3 is 1.29 bits per heavy atom. The van der Waals surface area contributed by atoms with Crippen molar-refractivity contribution in [2.45, 2.75) is 0 Å². The molecule has 0 saturated heterocycles. The largest absolute Gasteiger partial charge is 0.0628 e. The van der Waals surface area contributed by atoms with Gasteiger partial charge in [-0.2, -0.15) is 0 Å². The zero-order chi connectivity index (χ0) is 19.0. The van der Waals surface area contributed by atoms with E-state index in [4.69, 9.17) is 0 Å². The molecule has 0 heterocycles. The highest BCUT2D eigenvalue weighted by molar-refractivity contribution is 8.73. The Kier molecular flexibility index (Phi) is 7.39. The molecule has 0 aliphatic rings.